The lowest BCUT2D eigenvalue weighted by molar-refractivity contribution is -0.147. The maximum atomic E-state index is 13.4. The molecule has 6 heteroatoms. The normalized spacial score (nSPS) is 32.3. The van der Waals surface area contributed by atoms with Crippen LogP contribution in [0.1, 0.15) is 76.3 Å². The van der Waals surface area contributed by atoms with Crippen LogP contribution >= 0.6 is 0 Å². The summed E-state index contributed by atoms with van der Waals surface area (Å²) in [4.78, 5) is 25.6. The van der Waals surface area contributed by atoms with Gasteiger partial charge >= 0.3 is 0 Å². The summed E-state index contributed by atoms with van der Waals surface area (Å²) in [7, 11) is 3.60. The molecule has 2 fully saturated rings. The number of carbonyl (C=O) groups excluding carboxylic acids is 2. The van der Waals surface area contributed by atoms with E-state index in [4.69, 9.17) is 9.47 Å². The number of hydrogen-bond acceptors (Lipinski definition) is 6. The van der Waals surface area contributed by atoms with Crippen molar-refractivity contribution in [3.63, 3.8) is 0 Å². The van der Waals surface area contributed by atoms with Gasteiger partial charge in [-0.25, -0.2) is 0 Å². The predicted molar refractivity (Wildman–Crippen MR) is 138 cm³/mol. The summed E-state index contributed by atoms with van der Waals surface area (Å²) in [5.41, 5.74) is 5.81. The number of allylic oxidation sites excluding steroid dienone is 4. The Kier molecular flexibility index (Phi) is 6.54. The van der Waals surface area contributed by atoms with Gasteiger partial charge in [-0.1, -0.05) is 41.9 Å². The molecule has 4 aliphatic rings. The Morgan fingerprint density at radius 2 is 1.86 bits per heavy atom. The minimum absolute atomic E-state index is 0.00611. The number of benzene rings is 1. The van der Waals surface area contributed by atoms with Crippen LogP contribution in [0.5, 0.6) is 0 Å². The lowest BCUT2D eigenvalue weighted by atomic mass is 9.54. The maximum Gasteiger partial charge on any atom is 0.182 e. The number of rotatable bonds is 6. The van der Waals surface area contributed by atoms with Crippen LogP contribution in [0.2, 0.25) is 0 Å². The summed E-state index contributed by atoms with van der Waals surface area (Å²) in [5.74, 6) is 0.838. The van der Waals surface area contributed by atoms with Gasteiger partial charge in [-0.3, -0.25) is 9.59 Å². The summed E-state index contributed by atoms with van der Waals surface area (Å²) in [6.07, 6.45) is 7.36. The summed E-state index contributed by atoms with van der Waals surface area (Å²) < 4.78 is 11.9. The molecule has 1 aromatic carbocycles. The molecule has 192 valence electrons. The first-order valence-corrected chi connectivity index (χ1v) is 13.2. The summed E-state index contributed by atoms with van der Waals surface area (Å²) >= 11 is 0. The van der Waals surface area contributed by atoms with Gasteiger partial charge in [0.1, 0.15) is 0 Å². The minimum atomic E-state index is -0.327. The van der Waals surface area contributed by atoms with Gasteiger partial charge in [-0.05, 0) is 73.5 Å². The van der Waals surface area contributed by atoms with E-state index in [9.17, 15) is 14.8 Å². The van der Waals surface area contributed by atoms with E-state index in [0.29, 0.717) is 41.6 Å². The number of ether oxygens (including phenoxy) is 2. The van der Waals surface area contributed by atoms with Gasteiger partial charge in [0.15, 0.2) is 17.3 Å². The van der Waals surface area contributed by atoms with Gasteiger partial charge in [-0.15, -0.1) is 0 Å². The lowest BCUT2D eigenvalue weighted by Gasteiger charge is -2.53. The van der Waals surface area contributed by atoms with Crippen molar-refractivity contribution in [2.45, 2.75) is 70.8 Å². The molecule has 0 spiro atoms. The highest BCUT2D eigenvalue weighted by Gasteiger charge is 2.61. The average molecular weight is 492 g/mol. The first kappa shape index (κ1) is 25.1. The third-order valence-electron chi connectivity index (χ3n) is 9.86. The highest BCUT2D eigenvalue weighted by Crippen LogP contribution is 2.64. The molecule has 4 aliphatic carbocycles. The van der Waals surface area contributed by atoms with Crippen LogP contribution in [0.25, 0.3) is 5.57 Å². The Morgan fingerprint density at radius 1 is 1.08 bits per heavy atom. The molecule has 1 N–H and O–H groups in total. The first-order valence-electron chi connectivity index (χ1n) is 13.2. The fraction of sp³-hybridized carbons (Fsp3) is 0.567. The Bertz CT molecular complexity index is 1190. The Labute approximate surface area is 213 Å². The van der Waals surface area contributed by atoms with Crippen molar-refractivity contribution >= 4 is 22.9 Å². The first-order chi connectivity index (χ1) is 17.3. The molecule has 1 aromatic rings. The van der Waals surface area contributed by atoms with E-state index in [1.165, 1.54) is 18.1 Å². The Morgan fingerprint density at radius 3 is 2.56 bits per heavy atom. The van der Waals surface area contributed by atoms with E-state index in [1.807, 2.05) is 25.3 Å². The monoisotopic (exact) mass is 491 g/mol. The molecule has 5 rings (SSSR count). The fourth-order valence-corrected chi connectivity index (χ4v) is 8.12. The van der Waals surface area contributed by atoms with Crippen LogP contribution in [0.15, 0.2) is 46.1 Å². The van der Waals surface area contributed by atoms with Crippen molar-refractivity contribution in [1.82, 2.24) is 0 Å². The third kappa shape index (κ3) is 3.56. The Balaban J connectivity index is 1.61. The zero-order chi connectivity index (χ0) is 25.7. The van der Waals surface area contributed by atoms with E-state index in [-0.39, 0.29) is 28.3 Å². The molecule has 0 heterocycles. The molecular weight excluding hydrogens is 454 g/mol. The van der Waals surface area contributed by atoms with Gasteiger partial charge in [0.25, 0.3) is 0 Å². The summed E-state index contributed by atoms with van der Waals surface area (Å²) in [5, 5.41) is 12.9. The van der Waals surface area contributed by atoms with Crippen LogP contribution in [-0.4, -0.2) is 48.9 Å². The van der Waals surface area contributed by atoms with Crippen LogP contribution in [-0.2, 0) is 19.1 Å². The van der Waals surface area contributed by atoms with Gasteiger partial charge in [0.2, 0.25) is 0 Å². The largest absolute Gasteiger partial charge is 0.410 e. The minimum Gasteiger partial charge on any atom is -0.410 e. The molecule has 0 unspecified atom stereocenters. The Hall–Kier alpha value is -2.57. The standard InChI is InChI=1S/C30H37NO5/c1-18(32)28(31-34)24-8-6-5-7-22(24)27-23-10-9-21-20(19(23)11-12-26(27)33)13-15-29(2)25(21)14-16-30(29,36-4)17-35-3/h5-8,21,25,34H,9-17H2,1-4H3/b31-28-/t21-,25+,29+,30-/m1/s1. The molecule has 2 saturated carbocycles. The molecule has 0 aromatic heterocycles. The number of nitrogens with zero attached hydrogens (tertiary/aromatic N) is 1. The van der Waals surface area contributed by atoms with Crippen molar-refractivity contribution in [1.29, 1.82) is 0 Å². The van der Waals surface area contributed by atoms with Crippen LogP contribution < -0.4 is 0 Å². The topological polar surface area (TPSA) is 85.2 Å². The lowest BCUT2D eigenvalue weighted by Crippen LogP contribution is -2.53. The summed E-state index contributed by atoms with van der Waals surface area (Å²) in [6.45, 7) is 4.42. The van der Waals surface area contributed by atoms with Gasteiger partial charge < -0.3 is 14.7 Å². The van der Waals surface area contributed by atoms with Crippen molar-refractivity contribution in [2.75, 3.05) is 20.8 Å². The maximum absolute atomic E-state index is 13.4. The predicted octanol–water partition coefficient (Wildman–Crippen LogP) is 5.52. The zero-order valence-electron chi connectivity index (χ0n) is 21.9. The highest BCUT2D eigenvalue weighted by molar-refractivity contribution is 6.46. The van der Waals surface area contributed by atoms with E-state index >= 15 is 0 Å². The van der Waals surface area contributed by atoms with Crippen LogP contribution in [0.3, 0.4) is 0 Å². The average Bonchev–Trinajstić information content (AvgIpc) is 3.17. The zero-order valence-corrected chi connectivity index (χ0v) is 21.9. The molecule has 6 nitrogen and oxygen atoms in total. The molecule has 36 heavy (non-hydrogen) atoms. The second-order valence-corrected chi connectivity index (χ2v) is 11.2. The number of methoxy groups -OCH3 is 2. The summed E-state index contributed by atoms with van der Waals surface area (Å²) in [6, 6.07) is 7.35. The molecule has 0 saturated heterocycles. The highest BCUT2D eigenvalue weighted by atomic mass is 16.5. The number of hydrogen-bond donors (Lipinski definition) is 1. The number of Topliss-reactive ketones (excluding diaryl/α,β-unsaturated/α-hetero) is 2. The van der Waals surface area contributed by atoms with Crippen molar-refractivity contribution in [3.8, 4) is 0 Å². The number of ketones is 2. The molecule has 0 amide bonds. The second kappa shape index (κ2) is 9.38. The number of fused-ring (bicyclic) bond motifs is 4. The van der Waals surface area contributed by atoms with E-state index < -0.39 is 0 Å². The third-order valence-corrected chi connectivity index (χ3v) is 9.86. The molecule has 4 atom stereocenters. The molecule has 0 bridgehead atoms. The second-order valence-electron chi connectivity index (χ2n) is 11.2. The van der Waals surface area contributed by atoms with Gasteiger partial charge in [0.05, 0.1) is 12.2 Å². The van der Waals surface area contributed by atoms with Gasteiger partial charge in [-0.2, -0.15) is 0 Å². The molecule has 0 radical (unpaired) electrons. The number of carbonyl (C=O) groups is 2. The van der Waals surface area contributed by atoms with Gasteiger partial charge in [0, 0.05) is 44.1 Å². The van der Waals surface area contributed by atoms with Crippen LogP contribution in [0, 0.1) is 17.3 Å². The fourth-order valence-electron chi connectivity index (χ4n) is 8.12. The smallest absolute Gasteiger partial charge is 0.182 e. The van der Waals surface area contributed by atoms with Crippen molar-refractivity contribution in [3.05, 3.63) is 52.1 Å². The van der Waals surface area contributed by atoms with E-state index in [2.05, 4.69) is 12.1 Å². The quantitative estimate of drug-likeness (QED) is 0.322. The van der Waals surface area contributed by atoms with E-state index in [1.54, 1.807) is 13.2 Å². The van der Waals surface area contributed by atoms with Crippen molar-refractivity contribution < 1.29 is 24.3 Å². The van der Waals surface area contributed by atoms with Crippen LogP contribution in [0.4, 0.5) is 0 Å². The SMILES string of the molecule is COC[C@]1(OC)CC[C@H]2[C@@H]3CCC4=C(c5ccccc5/C(=N\O)C(C)=O)C(=O)CCC4=C3CC[C@@]21C. The van der Waals surface area contributed by atoms with Crippen molar-refractivity contribution in [2.24, 2.45) is 22.4 Å². The number of oxime groups is 1. The molecule has 0 aliphatic heterocycles. The molecular formula is C30H37NO5. The van der Waals surface area contributed by atoms with E-state index in [0.717, 1.165) is 50.5 Å².